The van der Waals surface area contributed by atoms with E-state index < -0.39 is 0 Å². The molecule has 0 N–H and O–H groups in total. The molecule has 0 fully saturated rings. The van der Waals surface area contributed by atoms with E-state index >= 15 is 0 Å². The number of hydrogen-bond donors (Lipinski definition) is 0. The smallest absolute Gasteiger partial charge is 0.120 e. The summed E-state index contributed by atoms with van der Waals surface area (Å²) in [5.74, 6) is 1.77. The maximum atomic E-state index is 5.93. The minimum Gasteiger partial charge on any atom is -0.489 e. The van der Waals surface area contributed by atoms with Crippen LogP contribution in [0.2, 0.25) is 0 Å². The molecule has 0 heterocycles. The molecule has 108 valence electrons. The van der Waals surface area contributed by atoms with Gasteiger partial charge in [0.1, 0.15) is 24.2 Å². The van der Waals surface area contributed by atoms with Crippen molar-refractivity contribution in [3.8, 4) is 11.5 Å². The normalized spacial score (nSPS) is 17.4. The fraction of sp³-hybridized carbons (Fsp3) is 0.263. The van der Waals surface area contributed by atoms with Gasteiger partial charge in [0.05, 0.1) is 0 Å². The molecule has 1 atom stereocenters. The van der Waals surface area contributed by atoms with E-state index in [1.54, 1.807) is 0 Å². The monoisotopic (exact) mass is 280 g/mol. The number of allylic oxidation sites excluding steroid dienone is 1. The van der Waals surface area contributed by atoms with Crippen LogP contribution in [0.15, 0.2) is 66.7 Å². The summed E-state index contributed by atoms with van der Waals surface area (Å²) < 4.78 is 11.7. The average Bonchev–Trinajstić information content (AvgIpc) is 2.56. The van der Waals surface area contributed by atoms with Gasteiger partial charge in [-0.1, -0.05) is 36.4 Å². The quantitative estimate of drug-likeness (QED) is 0.736. The van der Waals surface area contributed by atoms with E-state index in [0.717, 1.165) is 17.9 Å². The lowest BCUT2D eigenvalue weighted by Crippen LogP contribution is -2.15. The van der Waals surface area contributed by atoms with E-state index in [2.05, 4.69) is 24.3 Å². The van der Waals surface area contributed by atoms with Crippen LogP contribution in [0.5, 0.6) is 11.5 Å². The Hall–Kier alpha value is -2.22. The molecule has 0 bridgehead atoms. The number of rotatable bonds is 5. The second-order valence-electron chi connectivity index (χ2n) is 5.26. The van der Waals surface area contributed by atoms with Gasteiger partial charge in [-0.2, -0.15) is 0 Å². The molecule has 0 saturated heterocycles. The van der Waals surface area contributed by atoms with E-state index in [0.29, 0.717) is 6.61 Å². The highest BCUT2D eigenvalue weighted by Crippen LogP contribution is 2.22. The Balaban J connectivity index is 1.54. The van der Waals surface area contributed by atoms with Crippen molar-refractivity contribution in [2.24, 2.45) is 0 Å². The molecule has 2 aromatic rings. The summed E-state index contributed by atoms with van der Waals surface area (Å²) in [6, 6.07) is 18.1. The summed E-state index contributed by atoms with van der Waals surface area (Å²) in [6.45, 7) is 0.590. The van der Waals surface area contributed by atoms with E-state index in [1.807, 2.05) is 42.5 Å². The third-order valence-electron chi connectivity index (χ3n) is 3.57. The molecule has 3 rings (SSSR count). The van der Waals surface area contributed by atoms with Crippen LogP contribution in [0.4, 0.5) is 0 Å². The molecule has 1 unspecified atom stereocenters. The second kappa shape index (κ2) is 6.98. The van der Waals surface area contributed by atoms with Gasteiger partial charge >= 0.3 is 0 Å². The van der Waals surface area contributed by atoms with E-state index in [4.69, 9.17) is 9.47 Å². The van der Waals surface area contributed by atoms with Crippen LogP contribution in [0.25, 0.3) is 0 Å². The molecule has 1 aliphatic carbocycles. The SMILES string of the molecule is C1=CC(Oc2ccc(OCc3ccccc3)cc2)CCC1. The fourth-order valence-corrected chi connectivity index (χ4v) is 2.41. The maximum Gasteiger partial charge on any atom is 0.120 e. The zero-order valence-electron chi connectivity index (χ0n) is 12.1. The zero-order valence-corrected chi connectivity index (χ0v) is 12.1. The Morgan fingerprint density at radius 3 is 2.38 bits per heavy atom. The van der Waals surface area contributed by atoms with Crippen LogP contribution < -0.4 is 9.47 Å². The average molecular weight is 280 g/mol. The lowest BCUT2D eigenvalue weighted by atomic mass is 10.1. The first-order valence-corrected chi connectivity index (χ1v) is 7.50. The van der Waals surface area contributed by atoms with Gasteiger partial charge in [-0.25, -0.2) is 0 Å². The topological polar surface area (TPSA) is 18.5 Å². The Labute approximate surface area is 126 Å². The van der Waals surface area contributed by atoms with Gasteiger partial charge in [-0.3, -0.25) is 0 Å². The van der Waals surface area contributed by atoms with Crippen LogP contribution in [0.1, 0.15) is 24.8 Å². The van der Waals surface area contributed by atoms with Gasteiger partial charge in [0.15, 0.2) is 0 Å². The van der Waals surface area contributed by atoms with Crippen molar-refractivity contribution in [2.45, 2.75) is 32.0 Å². The molecule has 0 spiro atoms. The summed E-state index contributed by atoms with van der Waals surface area (Å²) in [7, 11) is 0. The van der Waals surface area contributed by atoms with Gasteiger partial charge in [-0.05, 0) is 55.2 Å². The van der Waals surface area contributed by atoms with Gasteiger partial charge < -0.3 is 9.47 Å². The lowest BCUT2D eigenvalue weighted by Gasteiger charge is -2.18. The Bertz CT molecular complexity index is 572. The van der Waals surface area contributed by atoms with Gasteiger partial charge in [-0.15, -0.1) is 0 Å². The molecule has 1 aliphatic rings. The predicted octanol–water partition coefficient (Wildman–Crippen LogP) is 4.75. The predicted molar refractivity (Wildman–Crippen MR) is 84.6 cm³/mol. The first-order chi connectivity index (χ1) is 10.4. The van der Waals surface area contributed by atoms with Crippen LogP contribution in [0.3, 0.4) is 0 Å². The standard InChI is InChI=1S/C19H20O2/c1-3-7-16(8-4-1)15-20-17-11-13-19(14-12-17)21-18-9-5-2-6-10-18/h1,3-5,7-9,11-14,18H,2,6,10,15H2. The van der Waals surface area contributed by atoms with E-state index in [-0.39, 0.29) is 6.10 Å². The summed E-state index contributed by atoms with van der Waals surface area (Å²) >= 11 is 0. The van der Waals surface area contributed by atoms with Crippen LogP contribution in [-0.4, -0.2) is 6.10 Å². The van der Waals surface area contributed by atoms with Gasteiger partial charge in [0.2, 0.25) is 0 Å². The largest absolute Gasteiger partial charge is 0.489 e. The number of ether oxygens (including phenoxy) is 2. The molecular weight excluding hydrogens is 260 g/mol. The minimum atomic E-state index is 0.217. The third-order valence-corrected chi connectivity index (χ3v) is 3.57. The van der Waals surface area contributed by atoms with Crippen molar-refractivity contribution >= 4 is 0 Å². The lowest BCUT2D eigenvalue weighted by molar-refractivity contribution is 0.229. The van der Waals surface area contributed by atoms with Crippen molar-refractivity contribution < 1.29 is 9.47 Å². The molecule has 21 heavy (non-hydrogen) atoms. The second-order valence-corrected chi connectivity index (χ2v) is 5.26. The van der Waals surface area contributed by atoms with E-state index in [1.165, 1.54) is 18.4 Å². The molecule has 2 aromatic carbocycles. The highest BCUT2D eigenvalue weighted by atomic mass is 16.5. The molecule has 2 heteroatoms. The highest BCUT2D eigenvalue weighted by molar-refractivity contribution is 5.32. The van der Waals surface area contributed by atoms with Crippen LogP contribution >= 0.6 is 0 Å². The molecule has 0 aliphatic heterocycles. The van der Waals surface area contributed by atoms with E-state index in [9.17, 15) is 0 Å². The first kappa shape index (κ1) is 13.7. The molecular formula is C19H20O2. The third kappa shape index (κ3) is 4.12. The molecule has 2 nitrogen and oxygen atoms in total. The molecule has 0 aromatic heterocycles. The minimum absolute atomic E-state index is 0.217. The Kier molecular flexibility index (Phi) is 4.57. The fourth-order valence-electron chi connectivity index (χ4n) is 2.41. The van der Waals surface area contributed by atoms with Crippen molar-refractivity contribution in [3.05, 3.63) is 72.3 Å². The van der Waals surface area contributed by atoms with Crippen molar-refractivity contribution in [1.82, 2.24) is 0 Å². The maximum absolute atomic E-state index is 5.93. The summed E-state index contributed by atoms with van der Waals surface area (Å²) in [6.07, 6.45) is 8.05. The summed E-state index contributed by atoms with van der Waals surface area (Å²) in [5, 5.41) is 0. The Morgan fingerprint density at radius 1 is 0.905 bits per heavy atom. The van der Waals surface area contributed by atoms with Crippen LogP contribution in [0, 0.1) is 0 Å². The zero-order chi connectivity index (χ0) is 14.3. The van der Waals surface area contributed by atoms with Crippen molar-refractivity contribution in [3.63, 3.8) is 0 Å². The molecule has 0 radical (unpaired) electrons. The Morgan fingerprint density at radius 2 is 1.67 bits per heavy atom. The molecule has 0 saturated carbocycles. The summed E-state index contributed by atoms with van der Waals surface area (Å²) in [5.41, 5.74) is 1.17. The first-order valence-electron chi connectivity index (χ1n) is 7.50. The van der Waals surface area contributed by atoms with Crippen LogP contribution in [-0.2, 0) is 6.61 Å². The molecule has 0 amide bonds. The van der Waals surface area contributed by atoms with Gasteiger partial charge in [0, 0.05) is 0 Å². The summed E-state index contributed by atoms with van der Waals surface area (Å²) in [4.78, 5) is 0. The number of hydrogen-bond acceptors (Lipinski definition) is 2. The highest BCUT2D eigenvalue weighted by Gasteiger charge is 2.09. The van der Waals surface area contributed by atoms with Gasteiger partial charge in [0.25, 0.3) is 0 Å². The van der Waals surface area contributed by atoms with Crippen molar-refractivity contribution in [2.75, 3.05) is 0 Å². The van der Waals surface area contributed by atoms with Crippen molar-refractivity contribution in [1.29, 1.82) is 0 Å². The number of benzene rings is 2.